The molecule has 0 saturated carbocycles. The van der Waals surface area contributed by atoms with Crippen molar-refractivity contribution >= 4 is 22.0 Å². The van der Waals surface area contributed by atoms with Gasteiger partial charge in [0.15, 0.2) is 0 Å². The summed E-state index contributed by atoms with van der Waals surface area (Å²) >= 11 is 0. The molecule has 0 saturated heterocycles. The Morgan fingerprint density at radius 1 is 0.656 bits per heavy atom. The molecule has 4 aromatic carbocycles. The Kier molecular flexibility index (Phi) is 6.64. The first-order valence-corrected chi connectivity index (χ1v) is 11.4. The van der Waals surface area contributed by atoms with E-state index in [4.69, 9.17) is 0 Å². The minimum atomic E-state index is 0. The molecule has 0 atom stereocenters. The maximum atomic E-state index is 2.40. The standard InChI is InChI=1S/C30H30N.BrH/c1-3-12-27-23(2)31(21-24-13-6-4-7-14-24,22-25-15-8-5-9-16-25)29-20-19-26-17-10-11-18-28(26)30(27)29;/h4-11,13-20H,3,12,21-22H2,1-2H3;1H/q+1;/p-1. The summed E-state index contributed by atoms with van der Waals surface area (Å²) in [6, 6.07) is 35.6. The van der Waals surface area contributed by atoms with Crippen LogP contribution in [-0.4, -0.2) is 0 Å². The summed E-state index contributed by atoms with van der Waals surface area (Å²) in [6.45, 7) is 6.62. The van der Waals surface area contributed by atoms with E-state index in [2.05, 4.69) is 111 Å². The molecule has 4 aromatic rings. The number of hydrogen-bond donors (Lipinski definition) is 0. The van der Waals surface area contributed by atoms with Gasteiger partial charge in [0.1, 0.15) is 24.5 Å². The minimum absolute atomic E-state index is 0. The van der Waals surface area contributed by atoms with Crippen molar-refractivity contribution in [1.82, 2.24) is 4.48 Å². The van der Waals surface area contributed by atoms with Crippen LogP contribution in [0.1, 0.15) is 43.4 Å². The zero-order valence-electron chi connectivity index (χ0n) is 18.9. The van der Waals surface area contributed by atoms with E-state index in [-0.39, 0.29) is 17.0 Å². The van der Waals surface area contributed by atoms with Crippen molar-refractivity contribution in [2.45, 2.75) is 39.8 Å². The number of allylic oxidation sites excluding steroid dienone is 2. The van der Waals surface area contributed by atoms with Crippen molar-refractivity contribution in [3.8, 4) is 0 Å². The number of nitrogens with zero attached hydrogens (tertiary/aromatic N) is 1. The van der Waals surface area contributed by atoms with Gasteiger partial charge in [-0.3, -0.25) is 4.48 Å². The van der Waals surface area contributed by atoms with Gasteiger partial charge in [-0.05, 0) is 23.3 Å². The van der Waals surface area contributed by atoms with Gasteiger partial charge < -0.3 is 17.0 Å². The molecule has 2 heteroatoms. The highest BCUT2D eigenvalue weighted by molar-refractivity contribution is 6.02. The van der Waals surface area contributed by atoms with E-state index < -0.39 is 0 Å². The quantitative estimate of drug-likeness (QED) is 0.334. The Bertz CT molecular complexity index is 1200. The summed E-state index contributed by atoms with van der Waals surface area (Å²) in [4.78, 5) is 0. The monoisotopic (exact) mass is 483 g/mol. The van der Waals surface area contributed by atoms with Crippen LogP contribution in [0.25, 0.3) is 16.3 Å². The van der Waals surface area contributed by atoms with Crippen molar-refractivity contribution in [2.75, 3.05) is 0 Å². The van der Waals surface area contributed by atoms with Gasteiger partial charge in [0.2, 0.25) is 0 Å². The van der Waals surface area contributed by atoms with E-state index in [9.17, 15) is 0 Å². The van der Waals surface area contributed by atoms with Crippen molar-refractivity contribution in [3.63, 3.8) is 0 Å². The van der Waals surface area contributed by atoms with Crippen LogP contribution in [0, 0.1) is 0 Å². The highest BCUT2D eigenvalue weighted by atomic mass is 79.9. The summed E-state index contributed by atoms with van der Waals surface area (Å²) < 4.78 is 0.878. The van der Waals surface area contributed by atoms with Crippen LogP contribution in [0.4, 0.5) is 5.69 Å². The summed E-state index contributed by atoms with van der Waals surface area (Å²) in [5.41, 5.74) is 8.74. The Morgan fingerprint density at radius 3 is 1.81 bits per heavy atom. The Balaban J connectivity index is 0.00000245. The molecule has 1 nitrogen and oxygen atoms in total. The first-order valence-electron chi connectivity index (χ1n) is 11.4. The number of benzene rings is 4. The molecule has 0 radical (unpaired) electrons. The lowest BCUT2D eigenvalue weighted by molar-refractivity contribution is -0.00000623. The third-order valence-corrected chi connectivity index (χ3v) is 6.84. The van der Waals surface area contributed by atoms with E-state index in [1.807, 2.05) is 0 Å². The lowest BCUT2D eigenvalue weighted by Crippen LogP contribution is -3.00. The molecular weight excluding hydrogens is 454 g/mol. The van der Waals surface area contributed by atoms with Crippen LogP contribution in [0.15, 0.2) is 103 Å². The Labute approximate surface area is 202 Å². The molecule has 0 bridgehead atoms. The molecule has 1 aliphatic rings. The lowest BCUT2D eigenvalue weighted by Gasteiger charge is -2.36. The molecule has 5 rings (SSSR count). The second kappa shape index (κ2) is 9.44. The van der Waals surface area contributed by atoms with E-state index >= 15 is 0 Å². The first-order chi connectivity index (χ1) is 15.2. The molecular formula is C30H30BrN. The zero-order chi connectivity index (χ0) is 21.3. The fourth-order valence-electron chi connectivity index (χ4n) is 5.36. The lowest BCUT2D eigenvalue weighted by atomic mass is 9.95. The van der Waals surface area contributed by atoms with Crippen LogP contribution in [0.5, 0.6) is 0 Å². The molecule has 0 aromatic heterocycles. The Morgan fingerprint density at radius 2 is 1.22 bits per heavy atom. The number of quaternary nitrogens is 1. The fourth-order valence-corrected chi connectivity index (χ4v) is 5.36. The first kappa shape index (κ1) is 22.5. The highest BCUT2D eigenvalue weighted by Gasteiger charge is 2.44. The maximum absolute atomic E-state index is 2.40. The third kappa shape index (κ3) is 3.83. The zero-order valence-corrected chi connectivity index (χ0v) is 20.5. The maximum Gasteiger partial charge on any atom is 0.146 e. The summed E-state index contributed by atoms with van der Waals surface area (Å²) in [6.07, 6.45) is 2.28. The average Bonchev–Trinajstić information content (AvgIpc) is 3.03. The largest absolute Gasteiger partial charge is 1.00 e. The number of halogens is 1. The van der Waals surface area contributed by atoms with Gasteiger partial charge in [0.25, 0.3) is 0 Å². The van der Waals surface area contributed by atoms with Crippen LogP contribution >= 0.6 is 0 Å². The molecule has 0 spiro atoms. The predicted octanol–water partition coefficient (Wildman–Crippen LogP) is 5.10. The molecule has 32 heavy (non-hydrogen) atoms. The highest BCUT2D eigenvalue weighted by Crippen LogP contribution is 2.51. The molecule has 0 unspecified atom stereocenters. The minimum Gasteiger partial charge on any atom is -1.00 e. The third-order valence-electron chi connectivity index (χ3n) is 6.84. The van der Waals surface area contributed by atoms with Gasteiger partial charge in [0, 0.05) is 29.7 Å². The van der Waals surface area contributed by atoms with Crippen molar-refractivity contribution in [3.05, 3.63) is 119 Å². The topological polar surface area (TPSA) is 0 Å². The van der Waals surface area contributed by atoms with Crippen LogP contribution < -0.4 is 21.5 Å². The van der Waals surface area contributed by atoms with E-state index in [0.717, 1.165) is 30.4 Å². The van der Waals surface area contributed by atoms with Crippen molar-refractivity contribution < 1.29 is 17.0 Å². The number of fused-ring (bicyclic) bond motifs is 3. The molecule has 0 fully saturated rings. The number of rotatable bonds is 6. The smallest absolute Gasteiger partial charge is 0.146 e. The van der Waals surface area contributed by atoms with E-state index in [1.54, 1.807) is 5.57 Å². The molecule has 1 heterocycles. The van der Waals surface area contributed by atoms with Crippen molar-refractivity contribution in [2.24, 2.45) is 0 Å². The summed E-state index contributed by atoms with van der Waals surface area (Å²) in [7, 11) is 0. The second-order valence-electron chi connectivity index (χ2n) is 8.75. The second-order valence-corrected chi connectivity index (χ2v) is 8.75. The average molecular weight is 484 g/mol. The predicted molar refractivity (Wildman–Crippen MR) is 134 cm³/mol. The number of hydrogen-bond acceptors (Lipinski definition) is 0. The van der Waals surface area contributed by atoms with Gasteiger partial charge in [0.05, 0.1) is 5.56 Å². The normalized spacial score (nSPS) is 14.3. The van der Waals surface area contributed by atoms with Gasteiger partial charge in [-0.15, -0.1) is 0 Å². The Hall–Kier alpha value is -2.68. The molecule has 0 aliphatic carbocycles. The molecule has 0 N–H and O–H groups in total. The van der Waals surface area contributed by atoms with E-state index in [0.29, 0.717) is 0 Å². The summed E-state index contributed by atoms with van der Waals surface area (Å²) in [5, 5.41) is 2.73. The van der Waals surface area contributed by atoms with Crippen LogP contribution in [-0.2, 0) is 13.1 Å². The van der Waals surface area contributed by atoms with Gasteiger partial charge in [-0.1, -0.05) is 98.3 Å². The summed E-state index contributed by atoms with van der Waals surface area (Å²) in [5.74, 6) is 0. The van der Waals surface area contributed by atoms with E-state index in [1.165, 1.54) is 38.8 Å². The van der Waals surface area contributed by atoms with Crippen LogP contribution in [0.3, 0.4) is 0 Å². The van der Waals surface area contributed by atoms with Gasteiger partial charge in [-0.25, -0.2) is 0 Å². The van der Waals surface area contributed by atoms with Gasteiger partial charge in [-0.2, -0.15) is 0 Å². The van der Waals surface area contributed by atoms with Gasteiger partial charge >= 0.3 is 0 Å². The van der Waals surface area contributed by atoms with Crippen molar-refractivity contribution in [1.29, 1.82) is 0 Å². The van der Waals surface area contributed by atoms with Crippen LogP contribution in [0.2, 0.25) is 0 Å². The SMILES string of the molecule is CCCC1=C(C)[N+](Cc2ccccc2)(Cc2ccccc2)c2ccc3ccccc3c21.[Br-]. The fraction of sp³-hybridized carbons (Fsp3) is 0.200. The molecule has 1 aliphatic heterocycles. The molecule has 162 valence electrons. The molecule has 0 amide bonds.